The van der Waals surface area contributed by atoms with Gasteiger partial charge in [-0.3, -0.25) is 4.79 Å². The van der Waals surface area contributed by atoms with Gasteiger partial charge >= 0.3 is 0 Å². The van der Waals surface area contributed by atoms with E-state index in [-0.39, 0.29) is 16.4 Å². The minimum Gasteiger partial charge on any atom is -0.495 e. The normalized spacial score (nSPS) is 12.3. The van der Waals surface area contributed by atoms with Crippen LogP contribution in [-0.2, 0) is 0 Å². The van der Waals surface area contributed by atoms with Gasteiger partial charge in [-0.25, -0.2) is 0 Å². The smallest absolute Gasteiger partial charge is 0.192 e. The Morgan fingerprint density at radius 3 is 2.47 bits per heavy atom. The van der Waals surface area contributed by atoms with Crippen molar-refractivity contribution >= 4 is 56.5 Å². The minimum atomic E-state index is -0.820. The van der Waals surface area contributed by atoms with Crippen LogP contribution in [0.3, 0.4) is 0 Å². The number of hydrogen-bond donors (Lipinski definition) is 0. The molecule has 2 nitrogen and oxygen atoms in total. The summed E-state index contributed by atoms with van der Waals surface area (Å²) in [5.41, 5.74) is 0.263. The molecule has 82 valence electrons. The second kappa shape index (κ2) is 5.39. The van der Waals surface area contributed by atoms with Gasteiger partial charge in [0.2, 0.25) is 0 Å². The highest BCUT2D eigenvalue weighted by atomic mass is 79.9. The standard InChI is InChI=1S/C9H6BrCl3O2/c1-15-7-3-5(11)4(2-6(7)12)8(14)9(10)13/h2-3,9H,1H3. The Kier molecular flexibility index (Phi) is 4.71. The van der Waals surface area contributed by atoms with Crippen molar-refractivity contribution in [3.05, 3.63) is 27.7 Å². The molecule has 0 N–H and O–H groups in total. The van der Waals surface area contributed by atoms with Crippen LogP contribution in [0.25, 0.3) is 0 Å². The lowest BCUT2D eigenvalue weighted by molar-refractivity contribution is 0.101. The molecule has 1 aromatic rings. The van der Waals surface area contributed by atoms with E-state index in [0.717, 1.165) is 0 Å². The molecule has 0 amide bonds. The van der Waals surface area contributed by atoms with Gasteiger partial charge in [-0.2, -0.15) is 0 Å². The molecule has 0 saturated carbocycles. The maximum atomic E-state index is 11.6. The van der Waals surface area contributed by atoms with E-state index >= 15 is 0 Å². The zero-order chi connectivity index (χ0) is 11.6. The van der Waals surface area contributed by atoms with Crippen LogP contribution in [0.5, 0.6) is 5.75 Å². The number of carbonyl (C=O) groups is 1. The summed E-state index contributed by atoms with van der Waals surface area (Å²) < 4.78 is 4.13. The van der Waals surface area contributed by atoms with Crippen LogP contribution in [0, 0.1) is 0 Å². The van der Waals surface area contributed by atoms with Crippen molar-refractivity contribution in [3.8, 4) is 5.75 Å². The summed E-state index contributed by atoms with van der Waals surface area (Å²) in [4.78, 5) is 11.6. The topological polar surface area (TPSA) is 26.3 Å². The van der Waals surface area contributed by atoms with E-state index < -0.39 is 4.29 Å². The zero-order valence-electron chi connectivity index (χ0n) is 7.56. The van der Waals surface area contributed by atoms with Crippen LogP contribution in [0.15, 0.2) is 12.1 Å². The molecule has 6 heteroatoms. The van der Waals surface area contributed by atoms with Gasteiger partial charge in [-0.05, 0) is 6.07 Å². The SMILES string of the molecule is COc1cc(Cl)c(C(=O)C(Cl)Br)cc1Cl. The molecule has 0 spiro atoms. The number of carbonyl (C=O) groups excluding carboxylic acids is 1. The first-order chi connectivity index (χ1) is 6.97. The fraction of sp³-hybridized carbons (Fsp3) is 0.222. The van der Waals surface area contributed by atoms with Gasteiger partial charge < -0.3 is 4.74 Å². The minimum absolute atomic E-state index is 0.256. The van der Waals surface area contributed by atoms with Crippen molar-refractivity contribution in [3.63, 3.8) is 0 Å². The highest BCUT2D eigenvalue weighted by molar-refractivity contribution is 9.10. The lowest BCUT2D eigenvalue weighted by Crippen LogP contribution is -2.08. The summed E-state index contributed by atoms with van der Waals surface area (Å²) in [6.07, 6.45) is 0. The van der Waals surface area contributed by atoms with Gasteiger partial charge in [0.15, 0.2) is 10.1 Å². The van der Waals surface area contributed by atoms with E-state index in [9.17, 15) is 4.79 Å². The Hall–Kier alpha value is 0.0400. The van der Waals surface area contributed by atoms with Gasteiger partial charge in [0.25, 0.3) is 0 Å². The Bertz CT molecular complexity index is 393. The monoisotopic (exact) mass is 330 g/mol. The highest BCUT2D eigenvalue weighted by Crippen LogP contribution is 2.32. The van der Waals surface area contributed by atoms with Gasteiger partial charge in [-0.1, -0.05) is 39.1 Å². The number of Topliss-reactive ketones (excluding diaryl/α,β-unsaturated/α-hetero) is 1. The average molecular weight is 332 g/mol. The number of halogens is 4. The molecule has 1 atom stereocenters. The van der Waals surface area contributed by atoms with Crippen LogP contribution in [0.1, 0.15) is 10.4 Å². The summed E-state index contributed by atoms with van der Waals surface area (Å²) in [5.74, 6) is 0.0742. The van der Waals surface area contributed by atoms with E-state index in [0.29, 0.717) is 10.8 Å². The third-order valence-electron chi connectivity index (χ3n) is 1.71. The molecule has 0 saturated heterocycles. The molecule has 1 rings (SSSR count). The molecule has 0 bridgehead atoms. The number of alkyl halides is 2. The number of ketones is 1. The van der Waals surface area contributed by atoms with Crippen LogP contribution >= 0.6 is 50.7 Å². The van der Waals surface area contributed by atoms with Crippen molar-refractivity contribution in [2.45, 2.75) is 4.29 Å². The molecule has 0 fully saturated rings. The first-order valence-corrected chi connectivity index (χ1v) is 5.93. The van der Waals surface area contributed by atoms with Gasteiger partial charge in [0.05, 0.1) is 17.2 Å². The number of benzene rings is 1. The number of ether oxygens (including phenoxy) is 1. The fourth-order valence-corrected chi connectivity index (χ4v) is 1.84. The first-order valence-electron chi connectivity index (χ1n) is 3.82. The van der Waals surface area contributed by atoms with Crippen LogP contribution < -0.4 is 4.74 Å². The summed E-state index contributed by atoms with van der Waals surface area (Å²) in [7, 11) is 1.47. The molecular formula is C9H6BrCl3O2. The zero-order valence-corrected chi connectivity index (χ0v) is 11.4. The average Bonchev–Trinajstić information content (AvgIpc) is 2.19. The first kappa shape index (κ1) is 13.1. The molecule has 0 aromatic heterocycles. The molecule has 1 aromatic carbocycles. The molecule has 0 aliphatic heterocycles. The molecular weight excluding hydrogens is 326 g/mol. The second-order valence-corrected chi connectivity index (χ2v) is 5.33. The molecule has 15 heavy (non-hydrogen) atoms. The number of rotatable bonds is 3. The Morgan fingerprint density at radius 1 is 1.40 bits per heavy atom. The van der Waals surface area contributed by atoms with Crippen LogP contribution in [0.2, 0.25) is 10.0 Å². The molecule has 0 aliphatic carbocycles. The Labute approximate surface area is 111 Å². The summed E-state index contributed by atoms with van der Waals surface area (Å²) in [6.45, 7) is 0. The Balaban J connectivity index is 3.22. The van der Waals surface area contributed by atoms with E-state index in [1.165, 1.54) is 19.2 Å². The van der Waals surface area contributed by atoms with Gasteiger partial charge in [0, 0.05) is 11.6 Å². The lowest BCUT2D eigenvalue weighted by atomic mass is 10.1. The van der Waals surface area contributed by atoms with Crippen molar-refractivity contribution in [1.82, 2.24) is 0 Å². The highest BCUT2D eigenvalue weighted by Gasteiger charge is 2.19. The van der Waals surface area contributed by atoms with Crippen molar-refractivity contribution < 1.29 is 9.53 Å². The van der Waals surface area contributed by atoms with Gasteiger partial charge in [-0.15, -0.1) is 11.6 Å². The Morgan fingerprint density at radius 2 is 2.00 bits per heavy atom. The number of hydrogen-bond acceptors (Lipinski definition) is 2. The van der Waals surface area contributed by atoms with E-state index in [4.69, 9.17) is 39.5 Å². The van der Waals surface area contributed by atoms with Crippen molar-refractivity contribution in [1.29, 1.82) is 0 Å². The maximum Gasteiger partial charge on any atom is 0.192 e. The predicted molar refractivity (Wildman–Crippen MR) is 65.9 cm³/mol. The summed E-state index contributed by atoms with van der Waals surface area (Å²) >= 11 is 20.3. The summed E-state index contributed by atoms with van der Waals surface area (Å²) in [6, 6.07) is 2.91. The molecule has 0 heterocycles. The van der Waals surface area contributed by atoms with E-state index in [1.807, 2.05) is 0 Å². The summed E-state index contributed by atoms with van der Waals surface area (Å²) in [5, 5.41) is 0.571. The molecule has 0 radical (unpaired) electrons. The van der Waals surface area contributed by atoms with Crippen LogP contribution in [-0.4, -0.2) is 17.2 Å². The molecule has 1 unspecified atom stereocenters. The van der Waals surface area contributed by atoms with Gasteiger partial charge in [0.1, 0.15) is 5.75 Å². The van der Waals surface area contributed by atoms with Crippen molar-refractivity contribution in [2.24, 2.45) is 0 Å². The lowest BCUT2D eigenvalue weighted by Gasteiger charge is -2.08. The van der Waals surface area contributed by atoms with E-state index in [2.05, 4.69) is 15.9 Å². The third kappa shape index (κ3) is 3.00. The third-order valence-corrected chi connectivity index (χ3v) is 2.93. The largest absolute Gasteiger partial charge is 0.495 e. The predicted octanol–water partition coefficient (Wildman–Crippen LogP) is 4.14. The maximum absolute atomic E-state index is 11.6. The fourth-order valence-electron chi connectivity index (χ4n) is 0.991. The van der Waals surface area contributed by atoms with E-state index in [1.54, 1.807) is 0 Å². The number of methoxy groups -OCH3 is 1. The second-order valence-electron chi connectivity index (χ2n) is 2.63. The quantitative estimate of drug-likeness (QED) is 0.614. The van der Waals surface area contributed by atoms with Crippen LogP contribution in [0.4, 0.5) is 0 Å². The molecule has 0 aliphatic rings. The van der Waals surface area contributed by atoms with Crippen molar-refractivity contribution in [2.75, 3.05) is 7.11 Å².